The van der Waals surface area contributed by atoms with Gasteiger partial charge in [-0.25, -0.2) is 9.18 Å². The molecule has 1 N–H and O–H groups in total. The van der Waals surface area contributed by atoms with Crippen LogP contribution in [0.5, 0.6) is 0 Å². The third-order valence-corrected chi connectivity index (χ3v) is 5.40. The first-order valence-corrected chi connectivity index (χ1v) is 9.57. The molecule has 0 fully saturated rings. The van der Waals surface area contributed by atoms with Crippen LogP contribution in [-0.2, 0) is 16.6 Å². The fraction of sp³-hybridized carbons (Fsp3) is 0.211. The first-order valence-electron chi connectivity index (χ1n) is 8.31. The lowest BCUT2D eigenvalue weighted by atomic mass is 10.1. The van der Waals surface area contributed by atoms with Crippen molar-refractivity contribution in [2.75, 3.05) is 6.61 Å². The zero-order valence-electron chi connectivity index (χ0n) is 15.1. The van der Waals surface area contributed by atoms with E-state index in [-0.39, 0.29) is 16.5 Å². The summed E-state index contributed by atoms with van der Waals surface area (Å²) in [4.78, 5) is 25.5. The highest BCUT2D eigenvalue weighted by Crippen LogP contribution is 2.26. The van der Waals surface area contributed by atoms with Crippen LogP contribution in [0.25, 0.3) is 0 Å². The molecule has 28 heavy (non-hydrogen) atoms. The molecule has 2 aromatic heterocycles. The van der Waals surface area contributed by atoms with E-state index in [0.717, 1.165) is 10.4 Å². The Hall–Kier alpha value is -2.71. The molecule has 6 nitrogen and oxygen atoms in total. The van der Waals surface area contributed by atoms with Gasteiger partial charge in [0.15, 0.2) is 6.61 Å². The van der Waals surface area contributed by atoms with Crippen molar-refractivity contribution in [3.05, 3.63) is 74.4 Å². The summed E-state index contributed by atoms with van der Waals surface area (Å²) in [6.45, 7) is 1.15. The van der Waals surface area contributed by atoms with Crippen LogP contribution < -0.4 is 5.32 Å². The quantitative estimate of drug-likeness (QED) is 0.616. The predicted octanol–water partition coefficient (Wildman–Crippen LogP) is 3.65. The van der Waals surface area contributed by atoms with E-state index < -0.39 is 24.5 Å². The summed E-state index contributed by atoms with van der Waals surface area (Å²) >= 11 is 7.49. The minimum atomic E-state index is -0.722. The van der Waals surface area contributed by atoms with E-state index in [1.54, 1.807) is 26.1 Å². The monoisotopic (exact) mass is 421 g/mol. The second-order valence-electron chi connectivity index (χ2n) is 6.02. The van der Waals surface area contributed by atoms with Crippen molar-refractivity contribution in [2.45, 2.75) is 13.0 Å². The normalized spacial score (nSPS) is 11.9. The van der Waals surface area contributed by atoms with Gasteiger partial charge in [-0.3, -0.25) is 9.48 Å². The number of hydrogen-bond acceptors (Lipinski definition) is 5. The Kier molecular flexibility index (Phi) is 6.11. The Balaban J connectivity index is 1.69. The number of nitrogens with zero attached hydrogens (tertiary/aromatic N) is 2. The minimum Gasteiger partial charge on any atom is -0.452 e. The second-order valence-corrected chi connectivity index (χ2v) is 7.36. The van der Waals surface area contributed by atoms with Crippen LogP contribution in [0.4, 0.5) is 4.39 Å². The van der Waals surface area contributed by atoms with Gasteiger partial charge in [-0.05, 0) is 36.1 Å². The molecule has 0 aliphatic rings. The zero-order chi connectivity index (χ0) is 20.3. The molecule has 0 saturated heterocycles. The van der Waals surface area contributed by atoms with E-state index in [0.29, 0.717) is 5.69 Å². The second kappa shape index (κ2) is 8.53. The molecule has 0 aliphatic heterocycles. The Morgan fingerprint density at radius 3 is 2.61 bits per heavy atom. The molecule has 1 aromatic carbocycles. The molecule has 1 amide bonds. The van der Waals surface area contributed by atoms with Gasteiger partial charge in [0.25, 0.3) is 5.91 Å². The number of hydrogen-bond donors (Lipinski definition) is 1. The highest BCUT2D eigenvalue weighted by Gasteiger charge is 2.23. The summed E-state index contributed by atoms with van der Waals surface area (Å²) in [5.74, 6) is -1.58. The van der Waals surface area contributed by atoms with Gasteiger partial charge in [-0.15, -0.1) is 11.3 Å². The van der Waals surface area contributed by atoms with Crippen molar-refractivity contribution in [1.29, 1.82) is 0 Å². The molecular weight excluding hydrogens is 405 g/mol. The van der Waals surface area contributed by atoms with Gasteiger partial charge < -0.3 is 10.1 Å². The molecule has 0 bridgehead atoms. The lowest BCUT2D eigenvalue weighted by Gasteiger charge is -2.18. The van der Waals surface area contributed by atoms with Crippen LogP contribution in [0.3, 0.4) is 0 Å². The third kappa shape index (κ3) is 4.40. The predicted molar refractivity (Wildman–Crippen MR) is 104 cm³/mol. The van der Waals surface area contributed by atoms with Crippen molar-refractivity contribution in [1.82, 2.24) is 15.1 Å². The van der Waals surface area contributed by atoms with Gasteiger partial charge in [-0.1, -0.05) is 29.8 Å². The molecule has 0 radical (unpaired) electrons. The molecule has 0 spiro atoms. The number of aromatic nitrogens is 2. The fourth-order valence-corrected chi connectivity index (χ4v) is 3.75. The summed E-state index contributed by atoms with van der Waals surface area (Å²) in [6.07, 6.45) is 0. The summed E-state index contributed by atoms with van der Waals surface area (Å²) in [6, 6.07) is 9.11. The number of carbonyl (C=O) groups excluding carboxylic acids is 2. The number of carbonyl (C=O) groups is 2. The SMILES string of the molecule is Cc1nn(C)c(Cl)c1C(=O)OCC(=O)NC(c1ccc(F)cc1)c1cccs1. The summed E-state index contributed by atoms with van der Waals surface area (Å²) in [5.41, 5.74) is 1.26. The number of nitrogens with one attached hydrogen (secondary N) is 1. The largest absolute Gasteiger partial charge is 0.452 e. The maximum absolute atomic E-state index is 13.2. The average Bonchev–Trinajstić information content (AvgIpc) is 3.27. The third-order valence-electron chi connectivity index (χ3n) is 4.03. The summed E-state index contributed by atoms with van der Waals surface area (Å²) < 4.78 is 19.7. The number of halogens is 2. The molecule has 0 aliphatic carbocycles. The van der Waals surface area contributed by atoms with Crippen LogP contribution in [0.15, 0.2) is 41.8 Å². The fourth-order valence-electron chi connectivity index (χ4n) is 2.70. The Labute approximate surface area is 169 Å². The molecular formula is C19H17ClFN3O3S. The summed E-state index contributed by atoms with van der Waals surface area (Å²) in [7, 11) is 1.60. The van der Waals surface area contributed by atoms with Crippen LogP contribution >= 0.6 is 22.9 Å². The van der Waals surface area contributed by atoms with Crippen molar-refractivity contribution in [3.8, 4) is 0 Å². The number of benzene rings is 1. The van der Waals surface area contributed by atoms with Gasteiger partial charge >= 0.3 is 5.97 Å². The molecule has 3 aromatic rings. The van der Waals surface area contributed by atoms with E-state index in [4.69, 9.17) is 16.3 Å². The molecule has 3 rings (SSSR count). The van der Waals surface area contributed by atoms with Gasteiger partial charge in [-0.2, -0.15) is 5.10 Å². The van der Waals surface area contributed by atoms with E-state index >= 15 is 0 Å². The van der Waals surface area contributed by atoms with Gasteiger partial charge in [0, 0.05) is 11.9 Å². The Morgan fingerprint density at radius 1 is 1.32 bits per heavy atom. The standard InChI is InChI=1S/C19H17ClFN3O3S/c1-11-16(18(20)24(2)23-11)19(26)27-10-15(25)22-17(14-4-3-9-28-14)12-5-7-13(21)8-6-12/h3-9,17H,10H2,1-2H3,(H,22,25). The highest BCUT2D eigenvalue weighted by atomic mass is 35.5. The number of aryl methyl sites for hydroxylation is 2. The Morgan fingerprint density at radius 2 is 2.04 bits per heavy atom. The van der Waals surface area contributed by atoms with E-state index in [9.17, 15) is 14.0 Å². The number of thiophene rings is 1. The first-order chi connectivity index (χ1) is 13.4. The van der Waals surface area contributed by atoms with Crippen molar-refractivity contribution in [3.63, 3.8) is 0 Å². The maximum Gasteiger partial charge on any atom is 0.343 e. The first kappa shape index (κ1) is 20.0. The zero-order valence-corrected chi connectivity index (χ0v) is 16.7. The minimum absolute atomic E-state index is 0.130. The van der Waals surface area contributed by atoms with Crippen molar-refractivity contribution >= 4 is 34.8 Å². The van der Waals surface area contributed by atoms with Gasteiger partial charge in [0.1, 0.15) is 16.5 Å². The van der Waals surface area contributed by atoms with Crippen LogP contribution in [0.1, 0.15) is 32.5 Å². The van der Waals surface area contributed by atoms with Crippen molar-refractivity contribution < 1.29 is 18.7 Å². The molecule has 146 valence electrons. The Bertz CT molecular complexity index is 987. The number of ether oxygens (including phenoxy) is 1. The lowest BCUT2D eigenvalue weighted by molar-refractivity contribution is -0.124. The average molecular weight is 422 g/mol. The van der Waals surface area contributed by atoms with Crippen molar-refractivity contribution in [2.24, 2.45) is 7.05 Å². The van der Waals surface area contributed by atoms with Gasteiger partial charge in [0.2, 0.25) is 0 Å². The number of amides is 1. The topological polar surface area (TPSA) is 73.2 Å². The smallest absolute Gasteiger partial charge is 0.343 e. The number of rotatable bonds is 6. The van der Waals surface area contributed by atoms with E-state index in [2.05, 4.69) is 10.4 Å². The molecule has 1 atom stereocenters. The summed E-state index contributed by atoms with van der Waals surface area (Å²) in [5, 5.41) is 8.88. The van der Waals surface area contributed by atoms with Crippen LogP contribution in [-0.4, -0.2) is 28.3 Å². The molecule has 2 heterocycles. The number of esters is 1. The van der Waals surface area contributed by atoms with Gasteiger partial charge in [0.05, 0.1) is 11.7 Å². The van der Waals surface area contributed by atoms with Crippen LogP contribution in [0.2, 0.25) is 5.15 Å². The molecule has 0 saturated carbocycles. The van der Waals surface area contributed by atoms with E-state index in [1.807, 2.05) is 17.5 Å². The highest BCUT2D eigenvalue weighted by molar-refractivity contribution is 7.10. The van der Waals surface area contributed by atoms with E-state index in [1.165, 1.54) is 28.2 Å². The maximum atomic E-state index is 13.2. The van der Waals surface area contributed by atoms with Crippen LogP contribution in [0, 0.1) is 12.7 Å². The molecule has 9 heteroatoms. The lowest BCUT2D eigenvalue weighted by Crippen LogP contribution is -2.32. The molecule has 1 unspecified atom stereocenters.